The van der Waals surface area contributed by atoms with Crippen LogP contribution in [0.1, 0.15) is 34.7 Å². The zero-order valence-electron chi connectivity index (χ0n) is 27.3. The molecule has 1 N–H and O–H groups in total. The molecule has 6 heteroatoms. The van der Waals surface area contributed by atoms with Gasteiger partial charge in [0.05, 0.1) is 33.0 Å². The number of rotatable bonds is 15. The van der Waals surface area contributed by atoms with Crippen LogP contribution >= 0.6 is 0 Å². The molecular weight excluding hydrogens is 600 g/mol. The second kappa shape index (κ2) is 16.8. The van der Waals surface area contributed by atoms with E-state index in [1.807, 2.05) is 152 Å². The van der Waals surface area contributed by atoms with Crippen molar-refractivity contribution >= 4 is 0 Å². The predicted octanol–water partition coefficient (Wildman–Crippen LogP) is 7.68. The van der Waals surface area contributed by atoms with Crippen molar-refractivity contribution in [3.63, 3.8) is 0 Å². The summed E-state index contributed by atoms with van der Waals surface area (Å²) < 4.78 is 33.7. The summed E-state index contributed by atoms with van der Waals surface area (Å²) in [5.74, 6) is 0. The fourth-order valence-corrected chi connectivity index (χ4v) is 6.26. The Labute approximate surface area is 283 Å². The minimum Gasteiger partial charge on any atom is -0.385 e. The maximum atomic E-state index is 12.6. The molecule has 1 aliphatic rings. The summed E-state index contributed by atoms with van der Waals surface area (Å²) in [6, 6.07) is 49.9. The molecule has 0 aliphatic heterocycles. The van der Waals surface area contributed by atoms with Gasteiger partial charge in [0.25, 0.3) is 0 Å². The largest absolute Gasteiger partial charge is 0.385 e. The van der Waals surface area contributed by atoms with Crippen molar-refractivity contribution in [1.82, 2.24) is 0 Å². The van der Waals surface area contributed by atoms with E-state index in [1.54, 1.807) is 6.92 Å². The molecule has 0 saturated heterocycles. The number of benzene rings is 5. The van der Waals surface area contributed by atoms with Gasteiger partial charge in [0, 0.05) is 0 Å². The van der Waals surface area contributed by atoms with Crippen molar-refractivity contribution in [2.24, 2.45) is 0 Å². The quantitative estimate of drug-likeness (QED) is 0.126. The van der Waals surface area contributed by atoms with Crippen molar-refractivity contribution in [2.75, 3.05) is 0 Å². The Morgan fingerprint density at radius 3 is 0.875 bits per heavy atom. The Hall–Kier alpha value is -4.14. The van der Waals surface area contributed by atoms with Gasteiger partial charge < -0.3 is 28.8 Å². The highest BCUT2D eigenvalue weighted by Gasteiger charge is 2.60. The summed E-state index contributed by atoms with van der Waals surface area (Å²) in [6.45, 7) is 3.25. The highest BCUT2D eigenvalue weighted by Crippen LogP contribution is 2.40. The lowest BCUT2D eigenvalue weighted by Crippen LogP contribution is -2.72. The minimum atomic E-state index is -1.53. The first-order valence-corrected chi connectivity index (χ1v) is 16.6. The number of hydrogen-bond acceptors (Lipinski definition) is 6. The Morgan fingerprint density at radius 1 is 0.375 bits per heavy atom. The van der Waals surface area contributed by atoms with Gasteiger partial charge in [0.2, 0.25) is 0 Å². The highest BCUT2D eigenvalue weighted by atomic mass is 16.6. The fraction of sp³-hybridized carbons (Fsp3) is 0.286. The first kappa shape index (κ1) is 33.7. The van der Waals surface area contributed by atoms with Gasteiger partial charge in [-0.1, -0.05) is 152 Å². The standard InChI is InChI=1S/C42H44O6/c1-42(43)40(47-30-35-23-13-5-14-24-35)38(45-28-33-19-9-3-10-20-33)37(44-27-32-17-7-2-8-18-32)39(46-29-34-21-11-4-12-22-34)41(42)48-31-36-25-15-6-16-26-36/h2-26,37-41,43H,27-31H2,1H3/t37?,38-,39-,40-,41+,42?/m1/s1. The third kappa shape index (κ3) is 8.85. The van der Waals surface area contributed by atoms with Crippen LogP contribution in [0.2, 0.25) is 0 Å². The summed E-state index contributed by atoms with van der Waals surface area (Å²) in [7, 11) is 0. The predicted molar refractivity (Wildman–Crippen MR) is 186 cm³/mol. The smallest absolute Gasteiger partial charge is 0.119 e. The van der Waals surface area contributed by atoms with E-state index >= 15 is 0 Å². The van der Waals surface area contributed by atoms with Crippen molar-refractivity contribution in [3.05, 3.63) is 179 Å². The lowest BCUT2D eigenvalue weighted by atomic mass is 9.75. The van der Waals surface area contributed by atoms with Gasteiger partial charge in [-0.3, -0.25) is 0 Å². The van der Waals surface area contributed by atoms with Crippen LogP contribution in [0.4, 0.5) is 0 Å². The Kier molecular flexibility index (Phi) is 11.8. The van der Waals surface area contributed by atoms with Crippen molar-refractivity contribution in [2.45, 2.75) is 76.1 Å². The third-order valence-corrected chi connectivity index (χ3v) is 8.80. The molecular formula is C42H44O6. The van der Waals surface area contributed by atoms with Gasteiger partial charge in [-0.25, -0.2) is 0 Å². The Morgan fingerprint density at radius 2 is 0.604 bits per heavy atom. The normalized spacial score (nSPS) is 23.9. The average molecular weight is 645 g/mol. The second-order valence-corrected chi connectivity index (χ2v) is 12.4. The maximum Gasteiger partial charge on any atom is 0.119 e. The molecule has 1 aliphatic carbocycles. The molecule has 2 unspecified atom stereocenters. The zero-order chi connectivity index (χ0) is 33.0. The summed E-state index contributed by atoms with van der Waals surface area (Å²) in [4.78, 5) is 0. The van der Waals surface area contributed by atoms with Crippen LogP contribution in [-0.4, -0.2) is 41.2 Å². The topological polar surface area (TPSA) is 66.4 Å². The monoisotopic (exact) mass is 644 g/mol. The molecule has 0 radical (unpaired) electrons. The van der Waals surface area contributed by atoms with Gasteiger partial charge >= 0.3 is 0 Å². The molecule has 0 amide bonds. The molecule has 1 saturated carbocycles. The molecule has 1 fully saturated rings. The molecule has 6 atom stereocenters. The van der Waals surface area contributed by atoms with Crippen LogP contribution in [0.5, 0.6) is 0 Å². The summed E-state index contributed by atoms with van der Waals surface area (Å²) in [6.07, 6.45) is -3.70. The molecule has 0 heterocycles. The van der Waals surface area contributed by atoms with Gasteiger partial charge in [0.15, 0.2) is 0 Å². The molecule has 48 heavy (non-hydrogen) atoms. The molecule has 5 aromatic carbocycles. The summed E-state index contributed by atoms with van der Waals surface area (Å²) in [5, 5.41) is 12.6. The third-order valence-electron chi connectivity index (χ3n) is 8.80. The lowest BCUT2D eigenvalue weighted by Gasteiger charge is -2.53. The van der Waals surface area contributed by atoms with Crippen LogP contribution < -0.4 is 0 Å². The van der Waals surface area contributed by atoms with E-state index in [9.17, 15) is 5.11 Å². The molecule has 0 spiro atoms. The molecule has 0 aromatic heterocycles. The number of aliphatic hydroxyl groups is 1. The average Bonchev–Trinajstić information content (AvgIpc) is 3.13. The molecule has 6 rings (SSSR count). The van der Waals surface area contributed by atoms with Crippen LogP contribution in [0, 0.1) is 0 Å². The molecule has 248 valence electrons. The van der Waals surface area contributed by atoms with Crippen molar-refractivity contribution in [1.29, 1.82) is 0 Å². The van der Waals surface area contributed by atoms with E-state index in [2.05, 4.69) is 0 Å². The zero-order valence-corrected chi connectivity index (χ0v) is 27.3. The first-order valence-electron chi connectivity index (χ1n) is 16.6. The van der Waals surface area contributed by atoms with E-state index in [0.717, 1.165) is 27.8 Å². The van der Waals surface area contributed by atoms with Crippen LogP contribution in [0.15, 0.2) is 152 Å². The van der Waals surface area contributed by atoms with Crippen LogP contribution in [-0.2, 0) is 56.7 Å². The lowest BCUT2D eigenvalue weighted by molar-refractivity contribution is -0.312. The minimum absolute atomic E-state index is 0.277. The number of hydrogen-bond donors (Lipinski definition) is 1. The maximum absolute atomic E-state index is 12.6. The SMILES string of the molecule is CC1(O)[C@H](OCc2ccccc2)[C@H](OCc2ccccc2)C(OCc2ccccc2)[C@@H](OCc2ccccc2)[C@@H]1OCc1ccccc1. The van der Waals surface area contributed by atoms with E-state index in [0.29, 0.717) is 19.8 Å². The second-order valence-electron chi connectivity index (χ2n) is 12.4. The van der Waals surface area contributed by atoms with Gasteiger partial charge in [-0.15, -0.1) is 0 Å². The number of ether oxygens (including phenoxy) is 5. The van der Waals surface area contributed by atoms with Gasteiger partial charge in [0.1, 0.15) is 36.1 Å². The van der Waals surface area contributed by atoms with E-state index in [-0.39, 0.29) is 13.2 Å². The van der Waals surface area contributed by atoms with E-state index in [1.165, 1.54) is 0 Å². The molecule has 5 aromatic rings. The van der Waals surface area contributed by atoms with Crippen molar-refractivity contribution in [3.8, 4) is 0 Å². The first-order chi connectivity index (χ1) is 23.6. The highest BCUT2D eigenvalue weighted by molar-refractivity contribution is 5.19. The fourth-order valence-electron chi connectivity index (χ4n) is 6.26. The Balaban J connectivity index is 1.38. The van der Waals surface area contributed by atoms with E-state index in [4.69, 9.17) is 23.7 Å². The van der Waals surface area contributed by atoms with Crippen LogP contribution in [0.25, 0.3) is 0 Å². The van der Waals surface area contributed by atoms with E-state index < -0.39 is 36.1 Å². The molecule has 0 bridgehead atoms. The Bertz CT molecular complexity index is 1520. The summed E-state index contributed by atoms with van der Waals surface area (Å²) in [5.41, 5.74) is 3.47. The molecule has 6 nitrogen and oxygen atoms in total. The summed E-state index contributed by atoms with van der Waals surface area (Å²) >= 11 is 0. The van der Waals surface area contributed by atoms with Gasteiger partial charge in [-0.05, 0) is 34.7 Å². The van der Waals surface area contributed by atoms with Crippen LogP contribution in [0.3, 0.4) is 0 Å². The van der Waals surface area contributed by atoms with Gasteiger partial charge in [-0.2, -0.15) is 0 Å². The van der Waals surface area contributed by atoms with Crippen molar-refractivity contribution < 1.29 is 28.8 Å².